The lowest BCUT2D eigenvalue weighted by Gasteiger charge is -2.19. The Labute approximate surface area is 179 Å². The summed E-state index contributed by atoms with van der Waals surface area (Å²) in [5, 5.41) is 15.2. The molecule has 2 N–H and O–H groups in total. The summed E-state index contributed by atoms with van der Waals surface area (Å²) in [4.78, 5) is 25.4. The van der Waals surface area contributed by atoms with Crippen LogP contribution in [0.2, 0.25) is 0 Å². The molecule has 156 valence electrons. The van der Waals surface area contributed by atoms with Gasteiger partial charge in [0.15, 0.2) is 0 Å². The highest BCUT2D eigenvalue weighted by Crippen LogP contribution is 2.24. The Balaban J connectivity index is 1.75. The second-order valence-corrected chi connectivity index (χ2v) is 7.73. The summed E-state index contributed by atoms with van der Waals surface area (Å²) in [6.07, 6.45) is 1.84. The predicted octanol–water partition coefficient (Wildman–Crippen LogP) is 4.00. The van der Waals surface area contributed by atoms with Crippen molar-refractivity contribution in [2.45, 2.75) is 32.2 Å². The van der Waals surface area contributed by atoms with Crippen LogP contribution in [0.5, 0.6) is 5.75 Å². The van der Waals surface area contributed by atoms with Crippen LogP contribution < -0.4 is 15.4 Å². The number of nitrogens with one attached hydrogen (secondary N) is 2. The molecular weight excluding hydrogens is 400 g/mol. The second kappa shape index (κ2) is 10.5. The maximum atomic E-state index is 12.7. The molecule has 2 aromatic carbocycles. The molecule has 1 atom stereocenters. The fourth-order valence-corrected chi connectivity index (χ4v) is 3.77. The van der Waals surface area contributed by atoms with Gasteiger partial charge in [0.1, 0.15) is 10.8 Å². The van der Waals surface area contributed by atoms with Gasteiger partial charge in [0.05, 0.1) is 19.6 Å². The topological polar surface area (TPSA) is 93.2 Å². The van der Waals surface area contributed by atoms with E-state index in [4.69, 9.17) is 4.74 Å². The molecule has 3 rings (SSSR count). The van der Waals surface area contributed by atoms with E-state index in [1.54, 1.807) is 31.4 Å². The third-order valence-corrected chi connectivity index (χ3v) is 5.30. The quantitative estimate of drug-likeness (QED) is 0.542. The van der Waals surface area contributed by atoms with E-state index in [-0.39, 0.29) is 18.2 Å². The molecule has 2 amide bonds. The third-order valence-electron chi connectivity index (χ3n) is 4.40. The lowest BCUT2D eigenvalue weighted by atomic mass is 10.0. The Morgan fingerprint density at radius 2 is 1.90 bits per heavy atom. The van der Waals surface area contributed by atoms with Crippen molar-refractivity contribution in [1.82, 2.24) is 15.5 Å². The van der Waals surface area contributed by atoms with Gasteiger partial charge < -0.3 is 15.4 Å². The molecule has 1 heterocycles. The van der Waals surface area contributed by atoms with E-state index < -0.39 is 6.04 Å². The van der Waals surface area contributed by atoms with E-state index in [1.165, 1.54) is 11.3 Å². The normalized spacial score (nSPS) is 11.5. The summed E-state index contributed by atoms with van der Waals surface area (Å²) >= 11 is 1.36. The zero-order valence-electron chi connectivity index (χ0n) is 16.9. The van der Waals surface area contributed by atoms with Crippen LogP contribution in [0.15, 0.2) is 54.6 Å². The highest BCUT2D eigenvalue weighted by Gasteiger charge is 2.21. The Bertz CT molecular complexity index is 991. The van der Waals surface area contributed by atoms with Crippen LogP contribution >= 0.6 is 11.3 Å². The summed E-state index contributed by atoms with van der Waals surface area (Å²) in [5.74, 6) is 0.146. The SMILES string of the molecule is CCCc1nnc(NC(=O)C[C@H](NC(=O)c2ccccc2)c2cccc(OC)c2)s1. The lowest BCUT2D eigenvalue weighted by Crippen LogP contribution is -2.31. The Morgan fingerprint density at radius 3 is 2.63 bits per heavy atom. The first-order valence-corrected chi connectivity index (χ1v) is 10.5. The molecule has 1 aromatic heterocycles. The molecular formula is C22H24N4O3S. The highest BCUT2D eigenvalue weighted by molar-refractivity contribution is 7.15. The number of carbonyl (C=O) groups excluding carboxylic acids is 2. The number of methoxy groups -OCH3 is 1. The molecule has 30 heavy (non-hydrogen) atoms. The largest absolute Gasteiger partial charge is 0.497 e. The maximum Gasteiger partial charge on any atom is 0.251 e. The molecule has 8 heteroatoms. The summed E-state index contributed by atoms with van der Waals surface area (Å²) in [7, 11) is 1.58. The number of nitrogens with zero attached hydrogens (tertiary/aromatic N) is 2. The number of aryl methyl sites for hydroxylation is 1. The van der Waals surface area contributed by atoms with Crippen molar-refractivity contribution in [3.05, 3.63) is 70.7 Å². The van der Waals surface area contributed by atoms with Crippen LogP contribution in [-0.2, 0) is 11.2 Å². The average molecular weight is 425 g/mol. The van der Waals surface area contributed by atoms with Crippen LogP contribution in [0.1, 0.15) is 46.7 Å². The second-order valence-electron chi connectivity index (χ2n) is 6.67. The van der Waals surface area contributed by atoms with Crippen molar-refractivity contribution < 1.29 is 14.3 Å². The molecule has 7 nitrogen and oxygen atoms in total. The van der Waals surface area contributed by atoms with Gasteiger partial charge in [0, 0.05) is 12.0 Å². The van der Waals surface area contributed by atoms with Gasteiger partial charge in [0.25, 0.3) is 5.91 Å². The molecule has 0 radical (unpaired) electrons. The fraction of sp³-hybridized carbons (Fsp3) is 0.273. The predicted molar refractivity (Wildman–Crippen MR) is 117 cm³/mol. The molecule has 0 bridgehead atoms. The van der Waals surface area contributed by atoms with E-state index in [0.717, 1.165) is 23.4 Å². The van der Waals surface area contributed by atoms with Crippen molar-refractivity contribution in [2.75, 3.05) is 12.4 Å². The van der Waals surface area contributed by atoms with E-state index in [9.17, 15) is 9.59 Å². The van der Waals surface area contributed by atoms with Crippen LogP contribution in [0.4, 0.5) is 5.13 Å². The average Bonchev–Trinajstić information content (AvgIpc) is 3.20. The van der Waals surface area contributed by atoms with Gasteiger partial charge >= 0.3 is 0 Å². The zero-order chi connectivity index (χ0) is 21.3. The van der Waals surface area contributed by atoms with Crippen LogP contribution in [0.25, 0.3) is 0 Å². The Morgan fingerprint density at radius 1 is 1.10 bits per heavy atom. The third kappa shape index (κ3) is 5.87. The summed E-state index contributed by atoms with van der Waals surface area (Å²) < 4.78 is 5.29. The molecule has 0 spiro atoms. The van der Waals surface area contributed by atoms with E-state index in [0.29, 0.717) is 16.4 Å². The molecule has 0 saturated carbocycles. The van der Waals surface area contributed by atoms with Crippen molar-refractivity contribution >= 4 is 28.3 Å². The number of carbonyl (C=O) groups is 2. The van der Waals surface area contributed by atoms with Crippen molar-refractivity contribution in [3.63, 3.8) is 0 Å². The number of benzene rings is 2. The van der Waals surface area contributed by atoms with E-state index in [1.807, 2.05) is 30.3 Å². The first kappa shape index (κ1) is 21.4. The maximum absolute atomic E-state index is 12.7. The number of amides is 2. The Hall–Kier alpha value is -3.26. The van der Waals surface area contributed by atoms with Crippen molar-refractivity contribution in [2.24, 2.45) is 0 Å². The molecule has 0 aliphatic carbocycles. The molecule has 3 aromatic rings. The van der Waals surface area contributed by atoms with Gasteiger partial charge in [0.2, 0.25) is 11.0 Å². The van der Waals surface area contributed by atoms with Crippen molar-refractivity contribution in [3.8, 4) is 5.75 Å². The number of rotatable bonds is 9. The summed E-state index contributed by atoms with van der Waals surface area (Å²) in [6.45, 7) is 2.06. The number of hydrogen-bond donors (Lipinski definition) is 2. The number of anilines is 1. The molecule has 0 aliphatic heterocycles. The minimum absolute atomic E-state index is 0.0500. The van der Waals surface area contributed by atoms with Gasteiger partial charge in [-0.15, -0.1) is 10.2 Å². The van der Waals surface area contributed by atoms with Crippen LogP contribution in [0.3, 0.4) is 0 Å². The van der Waals surface area contributed by atoms with Gasteiger partial charge in [-0.1, -0.05) is 48.6 Å². The van der Waals surface area contributed by atoms with Crippen molar-refractivity contribution in [1.29, 1.82) is 0 Å². The lowest BCUT2D eigenvalue weighted by molar-refractivity contribution is -0.116. The molecule has 0 aliphatic rings. The van der Waals surface area contributed by atoms with Gasteiger partial charge in [-0.3, -0.25) is 9.59 Å². The first-order valence-electron chi connectivity index (χ1n) is 9.71. The minimum Gasteiger partial charge on any atom is -0.497 e. The Kier molecular flexibility index (Phi) is 7.51. The minimum atomic E-state index is -0.532. The smallest absolute Gasteiger partial charge is 0.251 e. The van der Waals surface area contributed by atoms with Crippen LogP contribution in [0, 0.1) is 0 Å². The first-order chi connectivity index (χ1) is 14.6. The fourth-order valence-electron chi connectivity index (χ4n) is 2.92. The van der Waals surface area contributed by atoms with E-state index in [2.05, 4.69) is 27.8 Å². The molecule has 0 unspecified atom stereocenters. The van der Waals surface area contributed by atoms with E-state index >= 15 is 0 Å². The summed E-state index contributed by atoms with van der Waals surface area (Å²) in [6, 6.07) is 15.7. The number of hydrogen-bond acceptors (Lipinski definition) is 6. The zero-order valence-corrected chi connectivity index (χ0v) is 17.7. The van der Waals surface area contributed by atoms with Gasteiger partial charge in [-0.2, -0.15) is 0 Å². The van der Waals surface area contributed by atoms with Gasteiger partial charge in [-0.25, -0.2) is 0 Å². The molecule has 0 fully saturated rings. The monoisotopic (exact) mass is 424 g/mol. The standard InChI is InChI=1S/C22H24N4O3S/c1-3-8-20-25-26-22(30-20)24-19(27)14-18(16-11-7-12-17(13-16)29-2)23-21(28)15-9-5-4-6-10-15/h4-7,9-13,18H,3,8,14H2,1-2H3,(H,23,28)(H,24,26,27)/t18-/m0/s1. The number of aromatic nitrogens is 2. The highest BCUT2D eigenvalue weighted by atomic mass is 32.1. The number of ether oxygens (including phenoxy) is 1. The van der Waals surface area contributed by atoms with Crippen LogP contribution in [-0.4, -0.2) is 29.1 Å². The molecule has 0 saturated heterocycles. The van der Waals surface area contributed by atoms with Gasteiger partial charge in [-0.05, 0) is 36.2 Å². The summed E-state index contributed by atoms with van der Waals surface area (Å²) in [5.41, 5.74) is 1.30.